The van der Waals surface area contributed by atoms with E-state index in [0.29, 0.717) is 22.6 Å². The van der Waals surface area contributed by atoms with Gasteiger partial charge in [0.25, 0.3) is 5.91 Å². The molecule has 9 nitrogen and oxygen atoms in total. The lowest BCUT2D eigenvalue weighted by molar-refractivity contribution is -0.141. The minimum absolute atomic E-state index is 0.0244. The third kappa shape index (κ3) is 5.35. The van der Waals surface area contributed by atoms with Crippen LogP contribution < -0.4 is 5.32 Å². The molecular weight excluding hydrogens is 466 g/mol. The van der Waals surface area contributed by atoms with Gasteiger partial charge in [0.1, 0.15) is 0 Å². The van der Waals surface area contributed by atoms with E-state index in [1.807, 2.05) is 6.07 Å². The normalized spacial score (nSPS) is 11.3. The molecule has 2 aromatic carbocycles. The van der Waals surface area contributed by atoms with E-state index in [1.54, 1.807) is 42.6 Å². The molecule has 1 N–H and O–H groups in total. The number of nitrogens with one attached hydrogen (secondary N) is 1. The van der Waals surface area contributed by atoms with Gasteiger partial charge in [-0.15, -0.1) is 16.4 Å². The monoisotopic (exact) mass is 482 g/mol. The van der Waals surface area contributed by atoms with Crippen LogP contribution in [0.15, 0.2) is 53.9 Å². The first-order valence-electron chi connectivity index (χ1n) is 9.81. The molecule has 1 amide bonds. The molecule has 4 aromatic rings. The number of carbonyl (C=O) groups excluding carboxylic acids is 2. The molecule has 2 aromatic heterocycles. The minimum atomic E-state index is -1.000. The fourth-order valence-electron chi connectivity index (χ4n) is 2.85. The number of amides is 1. The number of rotatable bonds is 7. The van der Waals surface area contributed by atoms with E-state index in [0.717, 1.165) is 23.5 Å². The number of tetrazole rings is 1. The zero-order chi connectivity index (χ0) is 24.1. The molecule has 2 heterocycles. The highest BCUT2D eigenvalue weighted by atomic mass is 32.1. The van der Waals surface area contributed by atoms with Gasteiger partial charge in [-0.05, 0) is 47.2 Å². The number of thiazole rings is 1. The highest BCUT2D eigenvalue weighted by molar-refractivity contribution is 7.14. The van der Waals surface area contributed by atoms with E-state index in [4.69, 9.17) is 4.74 Å². The van der Waals surface area contributed by atoms with Gasteiger partial charge in [-0.1, -0.05) is 30.3 Å². The number of aromatic nitrogens is 5. The Morgan fingerprint density at radius 2 is 1.94 bits per heavy atom. The number of hydrogen-bond donors (Lipinski definition) is 1. The van der Waals surface area contributed by atoms with Crippen molar-refractivity contribution < 1.29 is 23.1 Å². The van der Waals surface area contributed by atoms with Crippen LogP contribution in [0, 0.1) is 18.6 Å². The first kappa shape index (κ1) is 22.9. The summed E-state index contributed by atoms with van der Waals surface area (Å²) in [4.78, 5) is 29.2. The van der Waals surface area contributed by atoms with Gasteiger partial charge in [-0.2, -0.15) is 4.68 Å². The minimum Gasteiger partial charge on any atom is -0.451 e. The topological polar surface area (TPSA) is 112 Å². The molecule has 172 valence electrons. The Labute approximate surface area is 195 Å². The van der Waals surface area contributed by atoms with Crippen molar-refractivity contribution >= 4 is 40.1 Å². The Balaban J connectivity index is 1.42. The molecule has 34 heavy (non-hydrogen) atoms. The van der Waals surface area contributed by atoms with Gasteiger partial charge in [0, 0.05) is 10.9 Å². The zero-order valence-corrected chi connectivity index (χ0v) is 18.4. The third-order valence-corrected chi connectivity index (χ3v) is 5.22. The van der Waals surface area contributed by atoms with Crippen molar-refractivity contribution in [2.75, 3.05) is 11.9 Å². The van der Waals surface area contributed by atoms with Crippen LogP contribution in [0.1, 0.15) is 11.4 Å². The Kier molecular flexibility index (Phi) is 6.78. The Morgan fingerprint density at radius 1 is 1.15 bits per heavy atom. The first-order valence-corrected chi connectivity index (χ1v) is 10.7. The fraction of sp³-hybridized carbons (Fsp3) is 0.0909. The van der Waals surface area contributed by atoms with Crippen LogP contribution in [-0.4, -0.2) is 43.7 Å². The molecule has 12 heteroatoms. The molecule has 0 unspecified atom stereocenters. The lowest BCUT2D eigenvalue weighted by Gasteiger charge is -2.09. The number of benzene rings is 2. The SMILES string of the molecule is Cc1nnnn1/C(=C\c1ccccc1)C(=O)OCC(=O)Nc1nc(-c2ccc(F)c(F)c2)cs1. The highest BCUT2D eigenvalue weighted by Crippen LogP contribution is 2.26. The number of esters is 1. The second-order valence-electron chi connectivity index (χ2n) is 6.87. The smallest absolute Gasteiger partial charge is 0.357 e. The van der Waals surface area contributed by atoms with Crippen molar-refractivity contribution in [1.82, 2.24) is 25.2 Å². The number of anilines is 1. The molecule has 0 aliphatic rings. The van der Waals surface area contributed by atoms with E-state index < -0.39 is 30.1 Å². The predicted octanol–water partition coefficient (Wildman–Crippen LogP) is 3.56. The summed E-state index contributed by atoms with van der Waals surface area (Å²) in [6, 6.07) is 12.4. The number of hydrogen-bond acceptors (Lipinski definition) is 8. The second-order valence-corrected chi connectivity index (χ2v) is 7.73. The van der Waals surface area contributed by atoms with E-state index in [-0.39, 0.29) is 10.8 Å². The van der Waals surface area contributed by atoms with E-state index >= 15 is 0 Å². The van der Waals surface area contributed by atoms with Crippen LogP contribution in [0.25, 0.3) is 23.0 Å². The van der Waals surface area contributed by atoms with Crippen LogP contribution >= 0.6 is 11.3 Å². The number of aryl methyl sites for hydroxylation is 1. The van der Waals surface area contributed by atoms with E-state index in [9.17, 15) is 18.4 Å². The van der Waals surface area contributed by atoms with Crippen LogP contribution in [-0.2, 0) is 14.3 Å². The molecule has 0 radical (unpaired) electrons. The summed E-state index contributed by atoms with van der Waals surface area (Å²) in [5.41, 5.74) is 1.45. The summed E-state index contributed by atoms with van der Waals surface area (Å²) in [5.74, 6) is -3.05. The summed E-state index contributed by atoms with van der Waals surface area (Å²) in [5, 5.41) is 15.4. The molecule has 0 saturated carbocycles. The molecule has 0 atom stereocenters. The van der Waals surface area contributed by atoms with Crippen LogP contribution in [0.4, 0.5) is 13.9 Å². The lowest BCUT2D eigenvalue weighted by Crippen LogP contribution is -2.23. The van der Waals surface area contributed by atoms with Crippen molar-refractivity contribution in [3.8, 4) is 11.3 Å². The lowest BCUT2D eigenvalue weighted by atomic mass is 10.2. The predicted molar refractivity (Wildman–Crippen MR) is 120 cm³/mol. The van der Waals surface area contributed by atoms with Crippen LogP contribution in [0.5, 0.6) is 0 Å². The Bertz CT molecular complexity index is 1370. The number of carbonyl (C=O) groups is 2. The van der Waals surface area contributed by atoms with Crippen LogP contribution in [0.2, 0.25) is 0 Å². The summed E-state index contributed by atoms with van der Waals surface area (Å²) in [6.07, 6.45) is 1.54. The molecule has 0 bridgehead atoms. The van der Waals surface area contributed by atoms with Crippen LogP contribution in [0.3, 0.4) is 0 Å². The molecular formula is C22H16F2N6O3S. The number of halogens is 2. The van der Waals surface area contributed by atoms with Gasteiger partial charge in [0.15, 0.2) is 34.9 Å². The maximum atomic E-state index is 13.5. The zero-order valence-electron chi connectivity index (χ0n) is 17.6. The maximum Gasteiger partial charge on any atom is 0.357 e. The standard InChI is InChI=1S/C22H16F2N6O3S/c1-13-27-28-29-30(13)19(9-14-5-3-2-4-6-14)21(32)33-11-20(31)26-22-25-18(12-34-22)15-7-8-16(23)17(24)10-15/h2-10,12H,11H2,1H3,(H,25,26,31)/b19-9-. The van der Waals surface area contributed by atoms with Gasteiger partial charge in [-0.3, -0.25) is 10.1 Å². The second kappa shape index (κ2) is 10.1. The van der Waals surface area contributed by atoms with Crippen molar-refractivity contribution in [2.24, 2.45) is 0 Å². The molecule has 0 fully saturated rings. The van der Waals surface area contributed by atoms with Crippen molar-refractivity contribution in [3.63, 3.8) is 0 Å². The number of nitrogens with zero attached hydrogens (tertiary/aromatic N) is 5. The largest absolute Gasteiger partial charge is 0.451 e. The first-order chi connectivity index (χ1) is 16.4. The Hall–Kier alpha value is -4.32. The number of ether oxygens (including phenoxy) is 1. The van der Waals surface area contributed by atoms with E-state index in [2.05, 4.69) is 25.8 Å². The molecule has 0 saturated heterocycles. The van der Waals surface area contributed by atoms with Gasteiger partial charge in [-0.25, -0.2) is 18.6 Å². The van der Waals surface area contributed by atoms with Crippen molar-refractivity contribution in [2.45, 2.75) is 6.92 Å². The fourth-order valence-corrected chi connectivity index (χ4v) is 3.58. The summed E-state index contributed by atoms with van der Waals surface area (Å²) in [7, 11) is 0. The molecule has 0 spiro atoms. The molecule has 0 aliphatic carbocycles. The maximum absolute atomic E-state index is 13.5. The quantitative estimate of drug-likeness (QED) is 0.317. The molecule has 0 aliphatic heterocycles. The summed E-state index contributed by atoms with van der Waals surface area (Å²) in [6.45, 7) is 1.03. The van der Waals surface area contributed by atoms with Gasteiger partial charge in [0.05, 0.1) is 5.69 Å². The van der Waals surface area contributed by atoms with E-state index in [1.165, 1.54) is 10.7 Å². The van der Waals surface area contributed by atoms with Gasteiger partial charge >= 0.3 is 5.97 Å². The van der Waals surface area contributed by atoms with Gasteiger partial charge < -0.3 is 4.74 Å². The summed E-state index contributed by atoms with van der Waals surface area (Å²) < 4.78 is 32.9. The van der Waals surface area contributed by atoms with Crippen molar-refractivity contribution in [1.29, 1.82) is 0 Å². The average molecular weight is 482 g/mol. The Morgan fingerprint density at radius 3 is 2.65 bits per heavy atom. The third-order valence-electron chi connectivity index (χ3n) is 4.47. The summed E-state index contributed by atoms with van der Waals surface area (Å²) >= 11 is 1.08. The van der Waals surface area contributed by atoms with Gasteiger partial charge in [0.2, 0.25) is 0 Å². The molecule has 4 rings (SSSR count). The average Bonchev–Trinajstić information content (AvgIpc) is 3.47. The highest BCUT2D eigenvalue weighted by Gasteiger charge is 2.19. The van der Waals surface area contributed by atoms with Crippen molar-refractivity contribution in [3.05, 3.63) is 76.9 Å².